The van der Waals surface area contributed by atoms with E-state index in [1.54, 1.807) is 4.90 Å². The Morgan fingerprint density at radius 2 is 2.00 bits per heavy atom. The van der Waals surface area contributed by atoms with E-state index in [1.807, 2.05) is 46.8 Å². The molecule has 0 atom stereocenters. The van der Waals surface area contributed by atoms with Gasteiger partial charge in [0.25, 0.3) is 0 Å². The summed E-state index contributed by atoms with van der Waals surface area (Å²) in [5.41, 5.74) is 3.67. The molecule has 0 saturated heterocycles. The largest absolute Gasteiger partial charge is 0.444 e. The molecule has 1 amide bonds. The van der Waals surface area contributed by atoms with E-state index in [9.17, 15) is 4.79 Å². The summed E-state index contributed by atoms with van der Waals surface area (Å²) in [4.78, 5) is 13.7. The van der Waals surface area contributed by atoms with E-state index in [2.05, 4.69) is 10.2 Å². The predicted octanol–water partition coefficient (Wildman–Crippen LogP) is 3.12. The first-order chi connectivity index (χ1) is 9.76. The van der Waals surface area contributed by atoms with Gasteiger partial charge >= 0.3 is 6.09 Å². The molecule has 2 heterocycles. The van der Waals surface area contributed by atoms with Crippen LogP contribution in [0, 0.1) is 13.8 Å². The number of hydrogen-bond donors (Lipinski definition) is 0. The van der Waals surface area contributed by atoms with Crippen LogP contribution < -0.4 is 0 Å². The Morgan fingerprint density at radius 3 is 2.52 bits per heavy atom. The molecule has 0 saturated carbocycles. The van der Waals surface area contributed by atoms with E-state index >= 15 is 0 Å². The lowest BCUT2D eigenvalue weighted by molar-refractivity contribution is 0.0270. The Bertz CT molecular complexity index is 573. The molecule has 1 aromatic heterocycles. The minimum absolute atomic E-state index is 0.260. The number of carbonyl (C=O) groups excluding carboxylic acids is 1. The molecule has 0 radical (unpaired) electrons. The third-order valence-corrected chi connectivity index (χ3v) is 3.27. The molecule has 21 heavy (non-hydrogen) atoms. The van der Waals surface area contributed by atoms with Crippen LogP contribution in [0.3, 0.4) is 0 Å². The van der Waals surface area contributed by atoms with E-state index in [4.69, 9.17) is 4.74 Å². The van der Waals surface area contributed by atoms with E-state index < -0.39 is 5.60 Å². The molecule has 0 aliphatic carbocycles. The molecular formula is C16H23N3O2. The Hall–Kier alpha value is -1.91. The van der Waals surface area contributed by atoms with Gasteiger partial charge in [0, 0.05) is 13.1 Å². The summed E-state index contributed by atoms with van der Waals surface area (Å²) in [6.07, 6.45) is 2.56. The van der Waals surface area contributed by atoms with Crippen molar-refractivity contribution in [3.63, 3.8) is 0 Å². The van der Waals surface area contributed by atoms with Gasteiger partial charge in [0.1, 0.15) is 5.60 Å². The fourth-order valence-electron chi connectivity index (χ4n) is 2.31. The van der Waals surface area contributed by atoms with Crippen molar-refractivity contribution in [2.45, 2.75) is 46.6 Å². The Morgan fingerprint density at radius 1 is 1.29 bits per heavy atom. The molecule has 1 aliphatic rings. The van der Waals surface area contributed by atoms with Crippen molar-refractivity contribution in [1.29, 1.82) is 0 Å². The van der Waals surface area contributed by atoms with Crippen molar-refractivity contribution >= 4 is 11.7 Å². The van der Waals surface area contributed by atoms with Crippen LogP contribution in [0.2, 0.25) is 0 Å². The Kier molecular flexibility index (Phi) is 4.30. The lowest BCUT2D eigenvalue weighted by atomic mass is 10.0. The standard InChI is InChI=1S/C16H23N3O2/c1-11-10-12(2)17-18-14(11)13-6-8-19(9-7-13)15(20)21-16(3,4)5/h6,10H,7-9H2,1-5H3. The van der Waals surface area contributed by atoms with E-state index in [1.165, 1.54) is 0 Å². The highest BCUT2D eigenvalue weighted by Gasteiger charge is 2.24. The Balaban J connectivity index is 2.07. The number of aromatic nitrogens is 2. The van der Waals surface area contributed by atoms with Gasteiger partial charge in [0.05, 0.1) is 11.4 Å². The second kappa shape index (κ2) is 5.84. The van der Waals surface area contributed by atoms with Gasteiger partial charge in [-0.15, -0.1) is 0 Å². The molecule has 0 spiro atoms. The molecule has 114 valence electrons. The smallest absolute Gasteiger partial charge is 0.410 e. The molecule has 0 bridgehead atoms. The maximum absolute atomic E-state index is 12.0. The van der Waals surface area contributed by atoms with Gasteiger partial charge in [0.2, 0.25) is 0 Å². The zero-order valence-corrected chi connectivity index (χ0v) is 13.4. The number of nitrogens with zero attached hydrogens (tertiary/aromatic N) is 3. The van der Waals surface area contributed by atoms with Crippen molar-refractivity contribution in [1.82, 2.24) is 15.1 Å². The highest BCUT2D eigenvalue weighted by Crippen LogP contribution is 2.24. The summed E-state index contributed by atoms with van der Waals surface area (Å²) < 4.78 is 5.39. The van der Waals surface area contributed by atoms with Crippen molar-refractivity contribution in [2.24, 2.45) is 0 Å². The van der Waals surface area contributed by atoms with E-state index in [0.717, 1.165) is 28.9 Å². The van der Waals surface area contributed by atoms with Gasteiger partial charge in [-0.2, -0.15) is 10.2 Å². The zero-order chi connectivity index (χ0) is 15.6. The molecule has 0 N–H and O–H groups in total. The number of carbonyl (C=O) groups is 1. The average Bonchev–Trinajstić information content (AvgIpc) is 2.37. The molecule has 5 heteroatoms. The summed E-state index contributed by atoms with van der Waals surface area (Å²) in [6.45, 7) is 10.8. The van der Waals surface area contributed by atoms with E-state index in [-0.39, 0.29) is 6.09 Å². The van der Waals surface area contributed by atoms with Crippen LogP contribution in [0.5, 0.6) is 0 Å². The SMILES string of the molecule is Cc1cc(C)c(C2=CCN(C(=O)OC(C)(C)C)CC2)nn1. The molecule has 5 nitrogen and oxygen atoms in total. The summed E-state index contributed by atoms with van der Waals surface area (Å²) in [6, 6.07) is 2.03. The molecule has 2 rings (SSSR count). The molecular weight excluding hydrogens is 266 g/mol. The second-order valence-electron chi connectivity index (χ2n) is 6.42. The molecule has 0 fully saturated rings. The molecule has 0 unspecified atom stereocenters. The maximum Gasteiger partial charge on any atom is 0.410 e. The van der Waals surface area contributed by atoms with Gasteiger partial charge in [-0.1, -0.05) is 6.08 Å². The summed E-state index contributed by atoms with van der Waals surface area (Å²) in [5.74, 6) is 0. The zero-order valence-electron chi connectivity index (χ0n) is 13.4. The van der Waals surface area contributed by atoms with Crippen LogP contribution >= 0.6 is 0 Å². The van der Waals surface area contributed by atoms with E-state index in [0.29, 0.717) is 13.1 Å². The quantitative estimate of drug-likeness (QED) is 0.797. The van der Waals surface area contributed by atoms with Crippen molar-refractivity contribution in [2.75, 3.05) is 13.1 Å². The van der Waals surface area contributed by atoms with Crippen LogP contribution in [0.1, 0.15) is 44.1 Å². The number of rotatable bonds is 1. The van der Waals surface area contributed by atoms with Gasteiger partial charge in [-0.05, 0) is 58.2 Å². The number of ether oxygens (including phenoxy) is 1. The fraction of sp³-hybridized carbons (Fsp3) is 0.562. The van der Waals surface area contributed by atoms with Crippen LogP contribution in [-0.4, -0.2) is 39.9 Å². The maximum atomic E-state index is 12.0. The summed E-state index contributed by atoms with van der Waals surface area (Å²) in [5, 5.41) is 8.40. The first kappa shape index (κ1) is 15.5. The van der Waals surface area contributed by atoms with Crippen molar-refractivity contribution < 1.29 is 9.53 Å². The first-order valence-electron chi connectivity index (χ1n) is 7.24. The topological polar surface area (TPSA) is 55.3 Å². The number of hydrogen-bond acceptors (Lipinski definition) is 4. The molecule has 1 aromatic rings. The minimum atomic E-state index is -0.458. The van der Waals surface area contributed by atoms with Crippen LogP contribution in [0.4, 0.5) is 4.79 Å². The average molecular weight is 289 g/mol. The first-order valence-corrected chi connectivity index (χ1v) is 7.24. The highest BCUT2D eigenvalue weighted by molar-refractivity contribution is 5.72. The van der Waals surface area contributed by atoms with Gasteiger partial charge in [-0.25, -0.2) is 4.79 Å². The Labute approximate surface area is 126 Å². The highest BCUT2D eigenvalue weighted by atomic mass is 16.6. The molecule has 1 aliphatic heterocycles. The van der Waals surface area contributed by atoms with Crippen molar-refractivity contribution in [3.05, 3.63) is 29.1 Å². The molecule has 0 aromatic carbocycles. The third kappa shape index (κ3) is 4.03. The normalized spacial score (nSPS) is 15.7. The number of amides is 1. The monoisotopic (exact) mass is 289 g/mol. The number of aryl methyl sites for hydroxylation is 2. The van der Waals surface area contributed by atoms with Crippen LogP contribution in [0.25, 0.3) is 5.57 Å². The summed E-state index contributed by atoms with van der Waals surface area (Å²) >= 11 is 0. The van der Waals surface area contributed by atoms with Gasteiger partial charge in [-0.3, -0.25) is 0 Å². The predicted molar refractivity (Wildman–Crippen MR) is 81.9 cm³/mol. The second-order valence-corrected chi connectivity index (χ2v) is 6.42. The fourth-order valence-corrected chi connectivity index (χ4v) is 2.31. The van der Waals surface area contributed by atoms with Crippen LogP contribution in [-0.2, 0) is 4.74 Å². The van der Waals surface area contributed by atoms with Crippen molar-refractivity contribution in [3.8, 4) is 0 Å². The third-order valence-electron chi connectivity index (χ3n) is 3.27. The van der Waals surface area contributed by atoms with Gasteiger partial charge in [0.15, 0.2) is 0 Å². The minimum Gasteiger partial charge on any atom is -0.444 e. The van der Waals surface area contributed by atoms with Gasteiger partial charge < -0.3 is 9.64 Å². The summed E-state index contributed by atoms with van der Waals surface area (Å²) in [7, 11) is 0. The van der Waals surface area contributed by atoms with Crippen LogP contribution in [0.15, 0.2) is 12.1 Å². The lowest BCUT2D eigenvalue weighted by Gasteiger charge is -2.29. The lowest BCUT2D eigenvalue weighted by Crippen LogP contribution is -2.39.